The maximum atomic E-state index is 10.9. The van der Waals surface area contributed by atoms with Crippen molar-refractivity contribution in [3.8, 4) is 0 Å². The van der Waals surface area contributed by atoms with Crippen LogP contribution in [0.2, 0.25) is 0 Å². The van der Waals surface area contributed by atoms with Crippen LogP contribution in [-0.2, 0) is 9.53 Å². The molecule has 1 rings (SSSR count). The summed E-state index contributed by atoms with van der Waals surface area (Å²) < 4.78 is 4.29. The SMILES string of the molecule is COC(=O)C(O)C(O)c1cn[nH]c1C. The number of methoxy groups -OCH3 is 1. The van der Waals surface area contributed by atoms with Crippen molar-refractivity contribution in [2.24, 2.45) is 0 Å². The zero-order valence-corrected chi connectivity index (χ0v) is 7.89. The van der Waals surface area contributed by atoms with Gasteiger partial charge in [-0.2, -0.15) is 5.10 Å². The molecule has 0 aliphatic carbocycles. The summed E-state index contributed by atoms with van der Waals surface area (Å²) in [6.45, 7) is 1.68. The van der Waals surface area contributed by atoms with Crippen LogP contribution in [0.4, 0.5) is 0 Å². The number of rotatable bonds is 3. The van der Waals surface area contributed by atoms with Crippen molar-refractivity contribution in [2.45, 2.75) is 19.1 Å². The lowest BCUT2D eigenvalue weighted by Crippen LogP contribution is -2.29. The number of aromatic nitrogens is 2. The minimum atomic E-state index is -1.59. The number of esters is 1. The van der Waals surface area contributed by atoms with Gasteiger partial charge in [-0.1, -0.05) is 0 Å². The van der Waals surface area contributed by atoms with Crippen LogP contribution in [0.1, 0.15) is 17.4 Å². The fourth-order valence-corrected chi connectivity index (χ4v) is 1.08. The van der Waals surface area contributed by atoms with Crippen LogP contribution in [0.3, 0.4) is 0 Å². The normalized spacial score (nSPS) is 14.9. The largest absolute Gasteiger partial charge is 0.467 e. The molecule has 1 aromatic rings. The van der Waals surface area contributed by atoms with Gasteiger partial charge in [-0.15, -0.1) is 0 Å². The van der Waals surface area contributed by atoms with Crippen LogP contribution < -0.4 is 0 Å². The first-order valence-electron chi connectivity index (χ1n) is 4.01. The Hall–Kier alpha value is -1.40. The summed E-state index contributed by atoms with van der Waals surface area (Å²) in [4.78, 5) is 10.9. The first kappa shape index (κ1) is 10.7. The molecule has 0 bridgehead atoms. The van der Waals surface area contributed by atoms with Crippen LogP contribution in [-0.4, -0.2) is 39.6 Å². The van der Waals surface area contributed by atoms with Gasteiger partial charge in [0.2, 0.25) is 0 Å². The van der Waals surface area contributed by atoms with E-state index >= 15 is 0 Å². The van der Waals surface area contributed by atoms with E-state index in [-0.39, 0.29) is 0 Å². The number of carbonyl (C=O) groups is 1. The van der Waals surface area contributed by atoms with Crippen LogP contribution in [0.15, 0.2) is 6.20 Å². The molecule has 0 fully saturated rings. The molecule has 0 aromatic carbocycles. The number of nitrogens with one attached hydrogen (secondary N) is 1. The number of nitrogens with zero attached hydrogens (tertiary/aromatic N) is 1. The highest BCUT2D eigenvalue weighted by atomic mass is 16.5. The van der Waals surface area contributed by atoms with E-state index in [1.165, 1.54) is 6.20 Å². The number of aliphatic hydroxyl groups excluding tert-OH is 2. The number of hydrogen-bond donors (Lipinski definition) is 3. The van der Waals surface area contributed by atoms with Crippen molar-refractivity contribution in [1.29, 1.82) is 0 Å². The zero-order valence-electron chi connectivity index (χ0n) is 7.89. The summed E-state index contributed by atoms with van der Waals surface area (Å²) in [5.41, 5.74) is 0.975. The van der Waals surface area contributed by atoms with E-state index in [1.54, 1.807) is 6.92 Å². The van der Waals surface area contributed by atoms with E-state index in [4.69, 9.17) is 0 Å². The van der Waals surface area contributed by atoms with Crippen molar-refractivity contribution in [3.63, 3.8) is 0 Å². The molecule has 0 saturated carbocycles. The molecule has 3 N–H and O–H groups in total. The summed E-state index contributed by atoms with van der Waals surface area (Å²) >= 11 is 0. The van der Waals surface area contributed by atoms with E-state index in [0.29, 0.717) is 11.3 Å². The van der Waals surface area contributed by atoms with Crippen molar-refractivity contribution in [3.05, 3.63) is 17.5 Å². The smallest absolute Gasteiger partial charge is 0.337 e. The van der Waals surface area contributed by atoms with E-state index < -0.39 is 18.2 Å². The quantitative estimate of drug-likeness (QED) is 0.560. The molecular weight excluding hydrogens is 188 g/mol. The third-order valence-corrected chi connectivity index (χ3v) is 1.93. The molecule has 0 aliphatic rings. The third kappa shape index (κ3) is 1.91. The molecule has 6 nitrogen and oxygen atoms in total. The molecule has 14 heavy (non-hydrogen) atoms. The Morgan fingerprint density at radius 2 is 2.29 bits per heavy atom. The van der Waals surface area contributed by atoms with Crippen molar-refractivity contribution in [2.75, 3.05) is 7.11 Å². The topological polar surface area (TPSA) is 95.4 Å². The molecular formula is C8H12N2O4. The van der Waals surface area contributed by atoms with Gasteiger partial charge in [0, 0.05) is 11.3 Å². The molecule has 1 aromatic heterocycles. The standard InChI is InChI=1S/C8H12N2O4/c1-4-5(3-9-10-4)6(11)7(12)8(13)14-2/h3,6-7,11-12H,1-2H3,(H,9,10). The van der Waals surface area contributed by atoms with E-state index in [1.807, 2.05) is 0 Å². The van der Waals surface area contributed by atoms with E-state index in [2.05, 4.69) is 14.9 Å². The molecule has 0 spiro atoms. The first-order valence-corrected chi connectivity index (χ1v) is 4.01. The van der Waals surface area contributed by atoms with Gasteiger partial charge in [-0.25, -0.2) is 4.79 Å². The second kappa shape index (κ2) is 4.21. The highest BCUT2D eigenvalue weighted by Gasteiger charge is 2.28. The summed E-state index contributed by atoms with van der Waals surface area (Å²) in [5.74, 6) is -0.877. The van der Waals surface area contributed by atoms with Gasteiger partial charge < -0.3 is 14.9 Å². The second-order valence-electron chi connectivity index (χ2n) is 2.86. The minimum absolute atomic E-state index is 0.378. The molecule has 0 aliphatic heterocycles. The van der Waals surface area contributed by atoms with E-state index in [9.17, 15) is 15.0 Å². The lowest BCUT2D eigenvalue weighted by atomic mass is 10.1. The average molecular weight is 200 g/mol. The first-order chi connectivity index (χ1) is 6.57. The Kier molecular flexibility index (Phi) is 3.21. The Morgan fingerprint density at radius 1 is 1.64 bits per heavy atom. The van der Waals surface area contributed by atoms with Gasteiger partial charge >= 0.3 is 5.97 Å². The van der Waals surface area contributed by atoms with Gasteiger partial charge in [0.15, 0.2) is 6.10 Å². The number of ether oxygens (including phenoxy) is 1. The highest BCUT2D eigenvalue weighted by Crippen LogP contribution is 2.19. The fraction of sp³-hybridized carbons (Fsp3) is 0.500. The lowest BCUT2D eigenvalue weighted by Gasteiger charge is -2.14. The van der Waals surface area contributed by atoms with Crippen LogP contribution in [0.25, 0.3) is 0 Å². The summed E-state index contributed by atoms with van der Waals surface area (Å²) in [5, 5.41) is 25.1. The number of aliphatic hydroxyl groups is 2. The molecule has 2 unspecified atom stereocenters. The maximum Gasteiger partial charge on any atom is 0.337 e. The van der Waals surface area contributed by atoms with Gasteiger partial charge in [0.05, 0.1) is 13.3 Å². The molecule has 0 saturated heterocycles. The molecule has 1 heterocycles. The molecule has 0 radical (unpaired) electrons. The van der Waals surface area contributed by atoms with Gasteiger partial charge in [0.1, 0.15) is 6.10 Å². The fourth-order valence-electron chi connectivity index (χ4n) is 1.08. The van der Waals surface area contributed by atoms with Crippen LogP contribution in [0.5, 0.6) is 0 Å². The molecule has 0 amide bonds. The second-order valence-corrected chi connectivity index (χ2v) is 2.86. The number of hydrogen-bond acceptors (Lipinski definition) is 5. The van der Waals surface area contributed by atoms with Crippen LogP contribution in [0, 0.1) is 6.92 Å². The molecule has 6 heteroatoms. The maximum absolute atomic E-state index is 10.9. The number of H-pyrrole nitrogens is 1. The van der Waals surface area contributed by atoms with Gasteiger partial charge in [-0.05, 0) is 6.92 Å². The van der Waals surface area contributed by atoms with Gasteiger partial charge in [0.25, 0.3) is 0 Å². The van der Waals surface area contributed by atoms with E-state index in [0.717, 1.165) is 7.11 Å². The molecule has 78 valence electrons. The third-order valence-electron chi connectivity index (χ3n) is 1.93. The Labute approximate surface area is 80.5 Å². The minimum Gasteiger partial charge on any atom is -0.467 e. The van der Waals surface area contributed by atoms with Crippen molar-refractivity contribution < 1.29 is 19.7 Å². The molecule has 2 atom stereocenters. The zero-order chi connectivity index (χ0) is 10.7. The Bertz CT molecular complexity index is 323. The number of aryl methyl sites for hydroxylation is 1. The Balaban J connectivity index is 2.80. The predicted molar refractivity (Wildman–Crippen MR) is 46.3 cm³/mol. The van der Waals surface area contributed by atoms with Gasteiger partial charge in [-0.3, -0.25) is 5.10 Å². The average Bonchev–Trinajstić information content (AvgIpc) is 2.61. The monoisotopic (exact) mass is 200 g/mol. The highest BCUT2D eigenvalue weighted by molar-refractivity contribution is 5.75. The summed E-state index contributed by atoms with van der Waals surface area (Å²) in [6.07, 6.45) is -1.55. The summed E-state index contributed by atoms with van der Waals surface area (Å²) in [6, 6.07) is 0. The van der Waals surface area contributed by atoms with Crippen molar-refractivity contribution in [1.82, 2.24) is 10.2 Å². The lowest BCUT2D eigenvalue weighted by molar-refractivity contribution is -0.156. The van der Waals surface area contributed by atoms with Crippen LogP contribution >= 0.6 is 0 Å². The predicted octanol–water partition coefficient (Wildman–Crippen LogP) is -0.715. The summed E-state index contributed by atoms with van der Waals surface area (Å²) in [7, 11) is 1.14. The number of aromatic amines is 1. The Morgan fingerprint density at radius 3 is 2.71 bits per heavy atom. The number of carbonyl (C=O) groups excluding carboxylic acids is 1. The van der Waals surface area contributed by atoms with Crippen molar-refractivity contribution >= 4 is 5.97 Å².